The highest BCUT2D eigenvalue weighted by Gasteiger charge is 2.12. The molecule has 0 amide bonds. The maximum atomic E-state index is 13.0. The van der Waals surface area contributed by atoms with Crippen molar-refractivity contribution in [1.29, 1.82) is 0 Å². The lowest BCUT2D eigenvalue weighted by atomic mass is 10.1. The first-order valence-corrected chi connectivity index (χ1v) is 4.53. The Morgan fingerprint density at radius 2 is 1.67 bits per heavy atom. The Hall–Kier alpha value is -0.450. The van der Waals surface area contributed by atoms with E-state index in [-0.39, 0.29) is 30.3 Å². The van der Waals surface area contributed by atoms with Crippen molar-refractivity contribution in [3.05, 3.63) is 35.1 Å². The first-order valence-electron chi connectivity index (χ1n) is 3.99. The molecule has 0 bridgehead atoms. The third-order valence-corrected chi connectivity index (χ3v) is 2.17. The van der Waals surface area contributed by atoms with Gasteiger partial charge < -0.3 is 5.73 Å². The number of nitrogens with two attached hydrogens (primary N) is 1. The zero-order chi connectivity index (χ0) is 10.7. The predicted octanol–water partition coefficient (Wildman–Crippen LogP) is 2.63. The molecule has 6 heteroatoms. The van der Waals surface area contributed by atoms with Crippen molar-refractivity contribution >= 4 is 24.0 Å². The molecule has 0 saturated heterocycles. The van der Waals surface area contributed by atoms with Gasteiger partial charge in [0, 0.05) is 18.0 Å². The molecule has 0 aliphatic rings. The first-order chi connectivity index (χ1) is 6.54. The molecule has 86 valence electrons. The Morgan fingerprint density at radius 3 is 2.20 bits per heavy atom. The van der Waals surface area contributed by atoms with Gasteiger partial charge in [0.25, 0.3) is 0 Å². The number of hydrogen-bond donors (Lipinski definition) is 1. The second-order valence-corrected chi connectivity index (χ2v) is 3.28. The fourth-order valence-corrected chi connectivity index (χ4v) is 1.17. The van der Waals surface area contributed by atoms with Crippen molar-refractivity contribution in [2.24, 2.45) is 5.73 Å². The lowest BCUT2D eigenvalue weighted by molar-refractivity contribution is 0.488. The van der Waals surface area contributed by atoms with Crippen LogP contribution in [0.4, 0.5) is 13.2 Å². The van der Waals surface area contributed by atoms with Gasteiger partial charge in [-0.3, -0.25) is 0 Å². The van der Waals surface area contributed by atoms with Gasteiger partial charge in [0.05, 0.1) is 0 Å². The second-order valence-electron chi connectivity index (χ2n) is 2.98. The summed E-state index contributed by atoms with van der Waals surface area (Å²) in [6.07, 6.45) is 0.0898. The molecule has 1 atom stereocenters. The molecule has 0 radical (unpaired) electrons. The van der Waals surface area contributed by atoms with E-state index in [1.807, 2.05) is 0 Å². The average Bonchev–Trinajstić information content (AvgIpc) is 2.14. The summed E-state index contributed by atoms with van der Waals surface area (Å²) in [5, 5.41) is 0. The molecule has 0 heterocycles. The van der Waals surface area contributed by atoms with Gasteiger partial charge in [-0.15, -0.1) is 24.0 Å². The third-order valence-electron chi connectivity index (χ3n) is 1.77. The monoisotopic (exact) mass is 259 g/mol. The normalized spacial score (nSPS) is 12.1. The average molecular weight is 260 g/mol. The Morgan fingerprint density at radius 1 is 1.13 bits per heavy atom. The SMILES string of the molecule is Cl.NC(CCl)Cc1cc(F)c(F)cc1F. The van der Waals surface area contributed by atoms with Gasteiger partial charge in [-0.2, -0.15) is 0 Å². The lowest BCUT2D eigenvalue weighted by Gasteiger charge is -2.08. The number of rotatable bonds is 3. The van der Waals surface area contributed by atoms with Crippen LogP contribution in [0.25, 0.3) is 0 Å². The molecule has 0 fully saturated rings. The molecule has 0 spiro atoms. The zero-order valence-corrected chi connectivity index (χ0v) is 9.22. The van der Waals surface area contributed by atoms with Crippen molar-refractivity contribution in [1.82, 2.24) is 0 Å². The second kappa shape index (κ2) is 6.20. The highest BCUT2D eigenvalue weighted by molar-refractivity contribution is 6.18. The van der Waals surface area contributed by atoms with E-state index >= 15 is 0 Å². The summed E-state index contributed by atoms with van der Waals surface area (Å²) in [7, 11) is 0. The summed E-state index contributed by atoms with van der Waals surface area (Å²) in [4.78, 5) is 0. The van der Waals surface area contributed by atoms with E-state index in [9.17, 15) is 13.2 Å². The van der Waals surface area contributed by atoms with E-state index in [0.29, 0.717) is 6.07 Å². The summed E-state index contributed by atoms with van der Waals surface area (Å²) in [6.45, 7) is 0. The molecule has 1 unspecified atom stereocenters. The van der Waals surface area contributed by atoms with Crippen LogP contribution >= 0.6 is 24.0 Å². The zero-order valence-electron chi connectivity index (χ0n) is 7.64. The van der Waals surface area contributed by atoms with Gasteiger partial charge in [0.1, 0.15) is 5.82 Å². The highest BCUT2D eigenvalue weighted by Crippen LogP contribution is 2.15. The molecule has 15 heavy (non-hydrogen) atoms. The van der Waals surface area contributed by atoms with Gasteiger partial charge >= 0.3 is 0 Å². The van der Waals surface area contributed by atoms with Crippen molar-refractivity contribution in [2.75, 3.05) is 5.88 Å². The number of hydrogen-bond acceptors (Lipinski definition) is 1. The largest absolute Gasteiger partial charge is 0.326 e. The summed E-state index contributed by atoms with van der Waals surface area (Å²) in [5.41, 5.74) is 5.49. The Labute approximate surface area is 96.8 Å². The van der Waals surface area contributed by atoms with Gasteiger partial charge in [-0.05, 0) is 18.1 Å². The van der Waals surface area contributed by atoms with Crippen LogP contribution < -0.4 is 5.73 Å². The Bertz CT molecular complexity index is 333. The summed E-state index contributed by atoms with van der Waals surface area (Å²) in [6, 6.07) is 0.846. The van der Waals surface area contributed by atoms with E-state index in [1.54, 1.807) is 0 Å². The minimum Gasteiger partial charge on any atom is -0.326 e. The fraction of sp³-hybridized carbons (Fsp3) is 0.333. The van der Waals surface area contributed by atoms with Gasteiger partial charge in [0.2, 0.25) is 0 Å². The molecule has 0 aliphatic carbocycles. The Balaban J connectivity index is 0.00000196. The topological polar surface area (TPSA) is 26.0 Å². The van der Waals surface area contributed by atoms with Gasteiger partial charge in [-0.25, -0.2) is 13.2 Å². The number of alkyl halides is 1. The Kier molecular flexibility index (Phi) is 6.02. The fourth-order valence-electron chi connectivity index (χ4n) is 1.06. The van der Waals surface area contributed by atoms with Crippen LogP contribution in [0.2, 0.25) is 0 Å². The molecule has 2 N–H and O–H groups in total. The van der Waals surface area contributed by atoms with Crippen LogP contribution in [0, 0.1) is 17.5 Å². The van der Waals surface area contributed by atoms with Crippen molar-refractivity contribution in [3.8, 4) is 0 Å². The maximum absolute atomic E-state index is 13.0. The molecule has 0 aromatic heterocycles. The molecule has 1 rings (SSSR count). The molecule has 0 saturated carbocycles. The van der Waals surface area contributed by atoms with Crippen LogP contribution in [-0.2, 0) is 6.42 Å². The number of benzene rings is 1. The summed E-state index contributed by atoms with van der Waals surface area (Å²) >= 11 is 5.41. The van der Waals surface area contributed by atoms with Crippen LogP contribution in [0.5, 0.6) is 0 Å². The van der Waals surface area contributed by atoms with E-state index < -0.39 is 23.5 Å². The molecular weight excluding hydrogens is 250 g/mol. The molecule has 1 aromatic carbocycles. The van der Waals surface area contributed by atoms with Crippen LogP contribution in [0.1, 0.15) is 5.56 Å². The number of halogens is 5. The predicted molar refractivity (Wildman–Crippen MR) is 56.0 cm³/mol. The molecule has 1 aromatic rings. The summed E-state index contributed by atoms with van der Waals surface area (Å²) < 4.78 is 38.2. The summed E-state index contributed by atoms with van der Waals surface area (Å²) in [5.74, 6) is -2.95. The van der Waals surface area contributed by atoms with E-state index in [0.717, 1.165) is 6.07 Å². The van der Waals surface area contributed by atoms with E-state index in [2.05, 4.69) is 0 Å². The standard InChI is InChI=1S/C9H9ClF3N.ClH/c10-4-6(14)1-5-2-8(12)9(13)3-7(5)11;/h2-3,6H,1,4,14H2;1H. The van der Waals surface area contributed by atoms with Crippen molar-refractivity contribution in [3.63, 3.8) is 0 Å². The van der Waals surface area contributed by atoms with Crippen LogP contribution in [0.3, 0.4) is 0 Å². The van der Waals surface area contributed by atoms with E-state index in [1.165, 1.54) is 0 Å². The quantitative estimate of drug-likeness (QED) is 0.656. The third kappa shape index (κ3) is 3.89. The van der Waals surface area contributed by atoms with Gasteiger partial charge in [-0.1, -0.05) is 0 Å². The van der Waals surface area contributed by atoms with Gasteiger partial charge in [0.15, 0.2) is 11.6 Å². The molecular formula is C9H10Cl2F3N. The molecule has 0 aliphatic heterocycles. The van der Waals surface area contributed by atoms with Crippen molar-refractivity contribution in [2.45, 2.75) is 12.5 Å². The highest BCUT2D eigenvalue weighted by atomic mass is 35.5. The van der Waals surface area contributed by atoms with E-state index in [4.69, 9.17) is 17.3 Å². The van der Waals surface area contributed by atoms with Crippen LogP contribution in [-0.4, -0.2) is 11.9 Å². The smallest absolute Gasteiger partial charge is 0.161 e. The lowest BCUT2D eigenvalue weighted by Crippen LogP contribution is -2.25. The minimum atomic E-state index is -1.20. The van der Waals surface area contributed by atoms with Crippen LogP contribution in [0.15, 0.2) is 12.1 Å². The van der Waals surface area contributed by atoms with Crippen molar-refractivity contribution < 1.29 is 13.2 Å². The minimum absolute atomic E-state index is 0. The first kappa shape index (κ1) is 14.6. The molecule has 1 nitrogen and oxygen atoms in total. The maximum Gasteiger partial charge on any atom is 0.161 e.